The van der Waals surface area contributed by atoms with Crippen molar-refractivity contribution in [3.05, 3.63) is 82.0 Å². The molecule has 7 nitrogen and oxygen atoms in total. The van der Waals surface area contributed by atoms with Crippen LogP contribution in [0.4, 0.5) is 4.39 Å². The molecule has 1 amide bonds. The van der Waals surface area contributed by atoms with E-state index in [0.29, 0.717) is 37.3 Å². The Bertz CT molecular complexity index is 1110. The van der Waals surface area contributed by atoms with Crippen molar-refractivity contribution in [2.75, 3.05) is 6.54 Å². The average molecular weight is 423 g/mol. The molecule has 3 heterocycles. The van der Waals surface area contributed by atoms with Crippen LogP contribution in [0, 0.1) is 5.82 Å². The van der Waals surface area contributed by atoms with Gasteiger partial charge in [0.25, 0.3) is 0 Å². The summed E-state index contributed by atoms with van der Waals surface area (Å²) < 4.78 is 16.5. The summed E-state index contributed by atoms with van der Waals surface area (Å²) in [4.78, 5) is 32.5. The van der Waals surface area contributed by atoms with Gasteiger partial charge in [0.1, 0.15) is 17.7 Å². The minimum Gasteiger partial charge on any atom is -0.337 e. The zero-order chi connectivity index (χ0) is 21.8. The number of pyridine rings is 1. The Morgan fingerprint density at radius 2 is 2.00 bits per heavy atom. The number of amides is 1. The standard InChI is InChI=1S/C23H26FN5O2/c1-2-27(15-17-10-12-25-13-11-17)22(30)20-8-3-4-9-21-26-28(23(31)29(20)21)16-18-6-5-7-19(24)14-18/h5-7,10-14,20H,2-4,8-9,15-16H2,1H3. The lowest BCUT2D eigenvalue weighted by Gasteiger charge is -2.26. The van der Waals surface area contributed by atoms with Gasteiger partial charge in [-0.1, -0.05) is 18.6 Å². The van der Waals surface area contributed by atoms with E-state index < -0.39 is 6.04 Å². The van der Waals surface area contributed by atoms with Crippen molar-refractivity contribution in [2.24, 2.45) is 0 Å². The summed E-state index contributed by atoms with van der Waals surface area (Å²) in [6.07, 6.45) is 6.39. The largest absolute Gasteiger partial charge is 0.346 e. The van der Waals surface area contributed by atoms with Gasteiger partial charge < -0.3 is 4.90 Å². The Balaban J connectivity index is 1.63. The van der Waals surface area contributed by atoms with E-state index in [4.69, 9.17) is 0 Å². The normalized spacial score (nSPS) is 15.9. The number of likely N-dealkylation sites (N-methyl/N-ethyl adjacent to an activating group) is 1. The van der Waals surface area contributed by atoms with Crippen LogP contribution in [0.2, 0.25) is 0 Å². The topological polar surface area (TPSA) is 73.0 Å². The van der Waals surface area contributed by atoms with Gasteiger partial charge in [-0.3, -0.25) is 14.3 Å². The highest BCUT2D eigenvalue weighted by Gasteiger charge is 2.31. The van der Waals surface area contributed by atoms with E-state index in [9.17, 15) is 14.0 Å². The molecule has 2 aromatic heterocycles. The second-order valence-electron chi connectivity index (χ2n) is 7.83. The number of hydrogen-bond donors (Lipinski definition) is 0. The van der Waals surface area contributed by atoms with E-state index in [1.165, 1.54) is 16.8 Å². The molecular formula is C23H26FN5O2. The monoisotopic (exact) mass is 423 g/mol. The lowest BCUT2D eigenvalue weighted by atomic mass is 10.1. The van der Waals surface area contributed by atoms with Crippen molar-refractivity contribution in [1.82, 2.24) is 24.2 Å². The summed E-state index contributed by atoms with van der Waals surface area (Å²) in [5, 5.41) is 4.50. The van der Waals surface area contributed by atoms with Crippen molar-refractivity contribution in [2.45, 2.75) is 51.7 Å². The van der Waals surface area contributed by atoms with Gasteiger partial charge in [-0.25, -0.2) is 13.9 Å². The van der Waals surface area contributed by atoms with E-state index >= 15 is 0 Å². The number of nitrogens with zero attached hydrogens (tertiary/aromatic N) is 5. The number of fused-ring (bicyclic) bond motifs is 1. The van der Waals surface area contributed by atoms with Crippen LogP contribution >= 0.6 is 0 Å². The minimum atomic E-state index is -0.576. The van der Waals surface area contributed by atoms with Gasteiger partial charge in [0, 0.05) is 31.9 Å². The molecule has 1 aliphatic rings. The molecule has 0 saturated heterocycles. The van der Waals surface area contributed by atoms with E-state index in [1.54, 1.807) is 34.0 Å². The quantitative estimate of drug-likeness (QED) is 0.611. The smallest absolute Gasteiger partial charge is 0.337 e. The minimum absolute atomic E-state index is 0.0742. The van der Waals surface area contributed by atoms with Crippen LogP contribution in [0.15, 0.2) is 53.6 Å². The van der Waals surface area contributed by atoms with Gasteiger partial charge in [-0.2, -0.15) is 5.10 Å². The molecule has 0 aliphatic carbocycles. The molecule has 162 valence electrons. The van der Waals surface area contributed by atoms with Crippen molar-refractivity contribution in [3.63, 3.8) is 0 Å². The maximum atomic E-state index is 13.6. The van der Waals surface area contributed by atoms with Gasteiger partial charge in [-0.05, 0) is 55.2 Å². The molecule has 8 heteroatoms. The van der Waals surface area contributed by atoms with Crippen LogP contribution in [-0.4, -0.2) is 36.7 Å². The van der Waals surface area contributed by atoms with Crippen LogP contribution < -0.4 is 5.69 Å². The maximum absolute atomic E-state index is 13.6. The second kappa shape index (κ2) is 9.24. The van der Waals surface area contributed by atoms with E-state index in [1.807, 2.05) is 19.1 Å². The SMILES string of the molecule is CCN(Cc1ccncc1)C(=O)C1CCCCc2nn(Cc3cccc(F)c3)c(=O)n21. The van der Waals surface area contributed by atoms with Crippen LogP contribution in [0.1, 0.15) is 49.2 Å². The summed E-state index contributed by atoms with van der Waals surface area (Å²) in [6.45, 7) is 3.12. The Hall–Kier alpha value is -3.29. The molecule has 3 aromatic rings. The van der Waals surface area contributed by atoms with E-state index in [-0.39, 0.29) is 24.0 Å². The number of carbonyl (C=O) groups is 1. The number of aromatic nitrogens is 4. The van der Waals surface area contributed by atoms with Crippen LogP contribution in [0.25, 0.3) is 0 Å². The number of rotatable bonds is 6. The molecule has 0 radical (unpaired) electrons. The highest BCUT2D eigenvalue weighted by Crippen LogP contribution is 2.24. The molecule has 1 unspecified atom stereocenters. The third-order valence-corrected chi connectivity index (χ3v) is 5.70. The van der Waals surface area contributed by atoms with Gasteiger partial charge >= 0.3 is 5.69 Å². The molecule has 0 bridgehead atoms. The molecule has 0 fully saturated rings. The Labute approximate surface area is 180 Å². The Kier molecular flexibility index (Phi) is 6.25. The summed E-state index contributed by atoms with van der Waals surface area (Å²) in [7, 11) is 0. The molecule has 1 atom stereocenters. The molecule has 31 heavy (non-hydrogen) atoms. The highest BCUT2D eigenvalue weighted by atomic mass is 19.1. The first-order valence-corrected chi connectivity index (χ1v) is 10.7. The van der Waals surface area contributed by atoms with Crippen molar-refractivity contribution < 1.29 is 9.18 Å². The van der Waals surface area contributed by atoms with Gasteiger partial charge in [0.2, 0.25) is 5.91 Å². The number of carbonyl (C=O) groups excluding carboxylic acids is 1. The fraction of sp³-hybridized carbons (Fsp3) is 0.391. The van der Waals surface area contributed by atoms with Crippen molar-refractivity contribution in [3.8, 4) is 0 Å². The van der Waals surface area contributed by atoms with Crippen LogP contribution in [0.5, 0.6) is 0 Å². The molecule has 1 aromatic carbocycles. The van der Waals surface area contributed by atoms with Crippen molar-refractivity contribution >= 4 is 5.91 Å². The third kappa shape index (κ3) is 4.57. The Morgan fingerprint density at radius 3 is 2.74 bits per heavy atom. The number of aryl methyl sites for hydroxylation is 1. The first-order chi connectivity index (χ1) is 15.1. The lowest BCUT2D eigenvalue weighted by Crippen LogP contribution is -2.40. The molecule has 1 aliphatic heterocycles. The molecular weight excluding hydrogens is 397 g/mol. The zero-order valence-corrected chi connectivity index (χ0v) is 17.6. The maximum Gasteiger partial charge on any atom is 0.346 e. The van der Waals surface area contributed by atoms with Crippen LogP contribution in [-0.2, 0) is 24.3 Å². The van der Waals surface area contributed by atoms with E-state index in [0.717, 1.165) is 18.4 Å². The van der Waals surface area contributed by atoms with Crippen molar-refractivity contribution in [1.29, 1.82) is 0 Å². The summed E-state index contributed by atoms with van der Waals surface area (Å²) >= 11 is 0. The third-order valence-electron chi connectivity index (χ3n) is 5.70. The number of halogens is 1. The summed E-state index contributed by atoms with van der Waals surface area (Å²) in [6, 6.07) is 9.33. The molecule has 0 saturated carbocycles. The molecule has 0 N–H and O–H groups in total. The predicted octanol–water partition coefficient (Wildman–Crippen LogP) is 2.94. The first kappa shape index (κ1) is 21.0. The Morgan fingerprint density at radius 1 is 1.19 bits per heavy atom. The fourth-order valence-electron chi connectivity index (χ4n) is 4.11. The van der Waals surface area contributed by atoms with E-state index in [2.05, 4.69) is 10.1 Å². The summed E-state index contributed by atoms with van der Waals surface area (Å²) in [5.41, 5.74) is 1.33. The van der Waals surface area contributed by atoms with Gasteiger partial charge in [-0.15, -0.1) is 0 Å². The zero-order valence-electron chi connectivity index (χ0n) is 17.6. The second-order valence-corrected chi connectivity index (χ2v) is 7.83. The first-order valence-electron chi connectivity index (χ1n) is 10.7. The average Bonchev–Trinajstić information content (AvgIpc) is 2.94. The predicted molar refractivity (Wildman–Crippen MR) is 114 cm³/mol. The summed E-state index contributed by atoms with van der Waals surface area (Å²) in [5.74, 6) is 0.196. The van der Waals surface area contributed by atoms with Crippen LogP contribution in [0.3, 0.4) is 0 Å². The molecule has 4 rings (SSSR count). The van der Waals surface area contributed by atoms with Gasteiger partial charge in [0.05, 0.1) is 6.54 Å². The number of hydrogen-bond acceptors (Lipinski definition) is 4. The highest BCUT2D eigenvalue weighted by molar-refractivity contribution is 5.80. The molecule has 0 spiro atoms. The van der Waals surface area contributed by atoms with Gasteiger partial charge in [0.15, 0.2) is 0 Å². The lowest BCUT2D eigenvalue weighted by molar-refractivity contribution is -0.135. The number of benzene rings is 1. The fourth-order valence-corrected chi connectivity index (χ4v) is 4.11.